The third-order valence-electron chi connectivity index (χ3n) is 3.61. The van der Waals surface area contributed by atoms with E-state index < -0.39 is 0 Å². The van der Waals surface area contributed by atoms with Crippen molar-refractivity contribution in [3.05, 3.63) is 22.2 Å². The van der Waals surface area contributed by atoms with Crippen LogP contribution >= 0.6 is 15.9 Å². The molecule has 0 spiro atoms. The van der Waals surface area contributed by atoms with Crippen molar-refractivity contribution in [3.63, 3.8) is 0 Å². The zero-order valence-electron chi connectivity index (χ0n) is 14.2. The van der Waals surface area contributed by atoms with Gasteiger partial charge in [-0.25, -0.2) is 0 Å². The van der Waals surface area contributed by atoms with Gasteiger partial charge in [-0.05, 0) is 53.5 Å². The first-order valence-electron chi connectivity index (χ1n) is 8.42. The quantitative estimate of drug-likeness (QED) is 0.505. The monoisotopic (exact) mass is 371 g/mol. The molecular formula is C18H30BrNO2. The Kier molecular flexibility index (Phi) is 10.3. The van der Waals surface area contributed by atoms with Crippen LogP contribution in [-0.4, -0.2) is 20.3 Å². The molecule has 1 N–H and O–H groups in total. The molecule has 3 nitrogen and oxygen atoms in total. The predicted molar refractivity (Wildman–Crippen MR) is 96.9 cm³/mol. The van der Waals surface area contributed by atoms with Gasteiger partial charge in [-0.3, -0.25) is 0 Å². The highest BCUT2D eigenvalue weighted by atomic mass is 79.9. The second-order valence-corrected chi connectivity index (χ2v) is 6.34. The van der Waals surface area contributed by atoms with E-state index in [9.17, 15) is 0 Å². The molecule has 0 saturated heterocycles. The Morgan fingerprint density at radius 1 is 1.05 bits per heavy atom. The van der Waals surface area contributed by atoms with E-state index >= 15 is 0 Å². The molecule has 0 aliphatic rings. The van der Waals surface area contributed by atoms with E-state index in [-0.39, 0.29) is 0 Å². The van der Waals surface area contributed by atoms with Gasteiger partial charge in [-0.2, -0.15) is 0 Å². The average molecular weight is 372 g/mol. The molecule has 4 heteroatoms. The lowest BCUT2D eigenvalue weighted by atomic mass is 10.1. The number of hydrogen-bond acceptors (Lipinski definition) is 3. The molecular weight excluding hydrogens is 342 g/mol. The van der Waals surface area contributed by atoms with Crippen LogP contribution in [0.5, 0.6) is 11.5 Å². The molecule has 0 aliphatic heterocycles. The topological polar surface area (TPSA) is 30.5 Å². The lowest BCUT2D eigenvalue weighted by molar-refractivity contribution is 0.309. The van der Waals surface area contributed by atoms with Gasteiger partial charge in [0.2, 0.25) is 0 Å². The summed E-state index contributed by atoms with van der Waals surface area (Å²) < 4.78 is 12.0. The second-order valence-electron chi connectivity index (χ2n) is 5.49. The second kappa shape index (κ2) is 11.8. The Morgan fingerprint density at radius 2 is 1.77 bits per heavy atom. The van der Waals surface area contributed by atoms with Gasteiger partial charge in [-0.15, -0.1) is 0 Å². The number of halogens is 1. The number of rotatable bonds is 12. The van der Waals surface area contributed by atoms with Crippen molar-refractivity contribution >= 4 is 15.9 Å². The fourth-order valence-corrected chi connectivity index (χ4v) is 3.10. The van der Waals surface area contributed by atoms with Gasteiger partial charge in [0.1, 0.15) is 0 Å². The molecule has 22 heavy (non-hydrogen) atoms. The van der Waals surface area contributed by atoms with Crippen molar-refractivity contribution in [2.45, 2.75) is 58.9 Å². The van der Waals surface area contributed by atoms with Gasteiger partial charge < -0.3 is 14.8 Å². The van der Waals surface area contributed by atoms with Crippen molar-refractivity contribution in [1.82, 2.24) is 5.32 Å². The smallest absolute Gasteiger partial charge is 0.174 e. The van der Waals surface area contributed by atoms with E-state index in [2.05, 4.69) is 40.3 Å². The molecule has 1 rings (SSSR count). The maximum atomic E-state index is 5.65. The van der Waals surface area contributed by atoms with Crippen LogP contribution < -0.4 is 14.8 Å². The van der Waals surface area contributed by atoms with Crippen molar-refractivity contribution in [2.75, 3.05) is 20.3 Å². The number of unbranched alkanes of at least 4 members (excludes halogenated alkanes) is 5. The molecule has 1 aromatic rings. The first kappa shape index (κ1) is 19.3. The lowest BCUT2D eigenvalue weighted by Gasteiger charge is -2.13. The summed E-state index contributed by atoms with van der Waals surface area (Å²) >= 11 is 3.55. The molecule has 0 saturated carbocycles. The van der Waals surface area contributed by atoms with Crippen LogP contribution in [0.1, 0.15) is 57.9 Å². The molecule has 0 fully saturated rings. The van der Waals surface area contributed by atoms with Crippen LogP contribution in [0.2, 0.25) is 0 Å². The Balaban J connectivity index is 2.36. The van der Waals surface area contributed by atoms with Gasteiger partial charge >= 0.3 is 0 Å². The highest BCUT2D eigenvalue weighted by Crippen LogP contribution is 2.36. The fourth-order valence-electron chi connectivity index (χ4n) is 2.45. The van der Waals surface area contributed by atoms with Gasteiger partial charge in [-0.1, -0.05) is 39.0 Å². The van der Waals surface area contributed by atoms with E-state index in [4.69, 9.17) is 9.47 Å². The van der Waals surface area contributed by atoms with E-state index in [1.807, 2.05) is 6.92 Å². The van der Waals surface area contributed by atoms with Gasteiger partial charge in [0.15, 0.2) is 11.5 Å². The van der Waals surface area contributed by atoms with Crippen molar-refractivity contribution in [2.24, 2.45) is 0 Å². The standard InChI is InChI=1S/C18H30BrNO2/c1-4-6-7-8-9-10-11-20-14-15-12-16(19)18(21-3)17(13-15)22-5-2/h12-13,20H,4-11,14H2,1-3H3. The third kappa shape index (κ3) is 7.01. The van der Waals surface area contributed by atoms with E-state index in [1.165, 1.54) is 44.1 Å². The first-order valence-corrected chi connectivity index (χ1v) is 9.22. The van der Waals surface area contributed by atoms with Gasteiger partial charge in [0, 0.05) is 6.54 Å². The maximum Gasteiger partial charge on any atom is 0.174 e. The van der Waals surface area contributed by atoms with Crippen LogP contribution in [0.4, 0.5) is 0 Å². The minimum Gasteiger partial charge on any atom is -0.492 e. The highest BCUT2D eigenvalue weighted by molar-refractivity contribution is 9.10. The number of nitrogens with one attached hydrogen (secondary N) is 1. The van der Waals surface area contributed by atoms with Crippen molar-refractivity contribution in [1.29, 1.82) is 0 Å². The number of ether oxygens (including phenoxy) is 2. The maximum absolute atomic E-state index is 5.65. The predicted octanol–water partition coefficient (Wildman–Crippen LogP) is 5.31. The Labute approximate surface area is 143 Å². The molecule has 0 amide bonds. The van der Waals surface area contributed by atoms with Crippen molar-refractivity contribution in [3.8, 4) is 11.5 Å². The average Bonchev–Trinajstić information content (AvgIpc) is 2.50. The summed E-state index contributed by atoms with van der Waals surface area (Å²) in [4.78, 5) is 0. The van der Waals surface area contributed by atoms with Crippen LogP contribution in [0.15, 0.2) is 16.6 Å². The molecule has 0 radical (unpaired) electrons. The Bertz CT molecular complexity index is 424. The van der Waals surface area contributed by atoms with E-state index in [0.29, 0.717) is 6.61 Å². The SMILES string of the molecule is CCCCCCCCNCc1cc(Br)c(OC)c(OCC)c1. The number of hydrogen-bond donors (Lipinski definition) is 1. The van der Waals surface area contributed by atoms with E-state index in [1.54, 1.807) is 7.11 Å². The lowest BCUT2D eigenvalue weighted by Crippen LogP contribution is -2.14. The fraction of sp³-hybridized carbons (Fsp3) is 0.667. The summed E-state index contributed by atoms with van der Waals surface area (Å²) in [6.45, 7) is 6.80. The summed E-state index contributed by atoms with van der Waals surface area (Å²) in [6, 6.07) is 4.15. The number of methoxy groups -OCH3 is 1. The molecule has 0 aliphatic carbocycles. The minimum atomic E-state index is 0.636. The molecule has 126 valence electrons. The zero-order valence-corrected chi connectivity index (χ0v) is 15.8. The highest BCUT2D eigenvalue weighted by Gasteiger charge is 2.10. The Morgan fingerprint density at radius 3 is 2.45 bits per heavy atom. The Hall–Kier alpha value is -0.740. The summed E-state index contributed by atoms with van der Waals surface area (Å²) in [5.74, 6) is 1.57. The van der Waals surface area contributed by atoms with Crippen LogP contribution in [-0.2, 0) is 6.54 Å². The first-order chi connectivity index (χ1) is 10.7. The molecule has 1 aromatic carbocycles. The van der Waals surface area contributed by atoms with Crippen molar-refractivity contribution < 1.29 is 9.47 Å². The molecule has 0 aromatic heterocycles. The minimum absolute atomic E-state index is 0.636. The summed E-state index contributed by atoms with van der Waals surface area (Å²) in [6.07, 6.45) is 7.99. The molecule has 0 unspecified atom stereocenters. The zero-order chi connectivity index (χ0) is 16.2. The van der Waals surface area contributed by atoms with E-state index in [0.717, 1.165) is 29.1 Å². The largest absolute Gasteiger partial charge is 0.492 e. The molecule has 0 bridgehead atoms. The summed E-state index contributed by atoms with van der Waals surface area (Å²) in [7, 11) is 1.67. The van der Waals surface area contributed by atoms with Crippen LogP contribution in [0, 0.1) is 0 Å². The van der Waals surface area contributed by atoms with Gasteiger partial charge in [0.05, 0.1) is 18.2 Å². The van der Waals surface area contributed by atoms with Gasteiger partial charge in [0.25, 0.3) is 0 Å². The summed E-state index contributed by atoms with van der Waals surface area (Å²) in [5.41, 5.74) is 1.21. The molecule has 0 heterocycles. The van der Waals surface area contributed by atoms with Crippen LogP contribution in [0.3, 0.4) is 0 Å². The normalized spacial score (nSPS) is 10.7. The number of benzene rings is 1. The molecule has 0 atom stereocenters. The van der Waals surface area contributed by atoms with Crippen LogP contribution in [0.25, 0.3) is 0 Å². The summed E-state index contributed by atoms with van der Waals surface area (Å²) in [5, 5.41) is 3.51. The third-order valence-corrected chi connectivity index (χ3v) is 4.20.